The third-order valence-electron chi connectivity index (χ3n) is 3.38. The van der Waals surface area contributed by atoms with Gasteiger partial charge in [-0.05, 0) is 31.4 Å². The Balaban J connectivity index is 3.10. The molecule has 18 heavy (non-hydrogen) atoms. The van der Waals surface area contributed by atoms with Gasteiger partial charge >= 0.3 is 0 Å². The first kappa shape index (κ1) is 15.8. The zero-order valence-electron chi connectivity index (χ0n) is 11.5. The summed E-state index contributed by atoms with van der Waals surface area (Å²) >= 11 is 9.99. The molecule has 1 nitrogen and oxygen atoms in total. The lowest BCUT2D eigenvalue weighted by molar-refractivity contribution is 0.594. The van der Waals surface area contributed by atoms with Crippen LogP contribution >= 0.6 is 27.5 Å². The maximum Gasteiger partial charge on any atom is 0.0642 e. The normalized spacial score (nSPS) is 12.5. The highest BCUT2D eigenvalue weighted by Gasteiger charge is 2.18. The number of halogens is 2. The number of alkyl halides is 1. The number of nitrogens with zero attached hydrogens (tertiary/aromatic N) is 1. The summed E-state index contributed by atoms with van der Waals surface area (Å²) in [6.45, 7) is 7.81. The lowest BCUT2D eigenvalue weighted by Crippen LogP contribution is -2.34. The van der Waals surface area contributed by atoms with Crippen LogP contribution in [0.2, 0.25) is 5.02 Å². The molecule has 0 aromatic heterocycles. The van der Waals surface area contributed by atoms with Gasteiger partial charge in [-0.2, -0.15) is 0 Å². The molecule has 1 atom stereocenters. The molecule has 1 aromatic carbocycles. The second kappa shape index (κ2) is 8.06. The number of para-hydroxylation sites is 1. The number of hydrogen-bond acceptors (Lipinski definition) is 1. The topological polar surface area (TPSA) is 3.24 Å². The summed E-state index contributed by atoms with van der Waals surface area (Å²) in [6, 6.07) is 6.69. The largest absolute Gasteiger partial charge is 0.367 e. The fourth-order valence-electron chi connectivity index (χ4n) is 2.09. The third kappa shape index (κ3) is 3.89. The quantitative estimate of drug-likeness (QED) is 0.584. The molecule has 1 rings (SSSR count). The van der Waals surface area contributed by atoms with Crippen LogP contribution in [0.25, 0.3) is 0 Å². The standard InChI is InChI=1S/C15H23BrClN/c1-4-6-10-18(12(3)5-2)15-13(11-16)8-7-9-14(15)17/h7-9,12H,4-6,10-11H2,1-3H3. The molecule has 0 spiro atoms. The van der Waals surface area contributed by atoms with Crippen LogP contribution in [0, 0.1) is 0 Å². The minimum atomic E-state index is 0.522. The summed E-state index contributed by atoms with van der Waals surface area (Å²) in [5.74, 6) is 0. The Morgan fingerprint density at radius 2 is 2.06 bits per heavy atom. The fourth-order valence-corrected chi connectivity index (χ4v) is 2.85. The third-order valence-corrected chi connectivity index (χ3v) is 4.29. The van der Waals surface area contributed by atoms with E-state index in [-0.39, 0.29) is 0 Å². The van der Waals surface area contributed by atoms with Gasteiger partial charge in [0.25, 0.3) is 0 Å². The molecule has 1 unspecified atom stereocenters. The van der Waals surface area contributed by atoms with E-state index >= 15 is 0 Å². The van der Waals surface area contributed by atoms with E-state index in [0.717, 1.165) is 23.3 Å². The highest BCUT2D eigenvalue weighted by Crippen LogP contribution is 2.33. The van der Waals surface area contributed by atoms with E-state index in [2.05, 4.69) is 47.7 Å². The first-order chi connectivity index (χ1) is 8.65. The monoisotopic (exact) mass is 331 g/mol. The Morgan fingerprint density at radius 3 is 2.61 bits per heavy atom. The molecule has 0 aliphatic heterocycles. The van der Waals surface area contributed by atoms with Crippen molar-refractivity contribution in [3.63, 3.8) is 0 Å². The van der Waals surface area contributed by atoms with Crippen LogP contribution in [-0.4, -0.2) is 12.6 Å². The van der Waals surface area contributed by atoms with Crippen molar-refractivity contribution >= 4 is 33.2 Å². The lowest BCUT2D eigenvalue weighted by Gasteiger charge is -2.33. The molecule has 0 N–H and O–H groups in total. The van der Waals surface area contributed by atoms with Crippen molar-refractivity contribution in [2.75, 3.05) is 11.4 Å². The number of hydrogen-bond donors (Lipinski definition) is 0. The Hall–Kier alpha value is -0.210. The number of unbranched alkanes of at least 4 members (excludes halogenated alkanes) is 1. The molecular weight excluding hydrogens is 310 g/mol. The summed E-state index contributed by atoms with van der Waals surface area (Å²) in [6.07, 6.45) is 3.55. The highest BCUT2D eigenvalue weighted by molar-refractivity contribution is 9.08. The van der Waals surface area contributed by atoms with Crippen molar-refractivity contribution in [3.05, 3.63) is 28.8 Å². The first-order valence-electron chi connectivity index (χ1n) is 6.75. The van der Waals surface area contributed by atoms with Crippen molar-refractivity contribution in [1.82, 2.24) is 0 Å². The predicted octanol–water partition coefficient (Wildman–Crippen LogP) is 5.64. The second-order valence-electron chi connectivity index (χ2n) is 4.69. The van der Waals surface area contributed by atoms with Crippen LogP contribution in [-0.2, 0) is 5.33 Å². The van der Waals surface area contributed by atoms with Gasteiger partial charge in [0.15, 0.2) is 0 Å². The molecule has 0 saturated heterocycles. The average Bonchev–Trinajstić information content (AvgIpc) is 2.39. The zero-order valence-corrected chi connectivity index (χ0v) is 13.9. The Morgan fingerprint density at radius 1 is 1.33 bits per heavy atom. The Labute approximate surface area is 125 Å². The minimum absolute atomic E-state index is 0.522. The molecule has 0 bridgehead atoms. The summed E-state index contributed by atoms with van der Waals surface area (Å²) in [5.41, 5.74) is 2.48. The van der Waals surface area contributed by atoms with Crippen molar-refractivity contribution in [2.24, 2.45) is 0 Å². The first-order valence-corrected chi connectivity index (χ1v) is 8.25. The van der Waals surface area contributed by atoms with Gasteiger partial charge in [0.2, 0.25) is 0 Å². The van der Waals surface area contributed by atoms with Crippen LogP contribution in [0.3, 0.4) is 0 Å². The molecule has 1 aromatic rings. The fraction of sp³-hybridized carbons (Fsp3) is 0.600. The van der Waals surface area contributed by atoms with Crippen LogP contribution in [0.4, 0.5) is 5.69 Å². The molecule has 0 heterocycles. The van der Waals surface area contributed by atoms with Gasteiger partial charge in [0, 0.05) is 17.9 Å². The Bertz CT molecular complexity index is 368. The van der Waals surface area contributed by atoms with Gasteiger partial charge in [-0.1, -0.05) is 59.9 Å². The highest BCUT2D eigenvalue weighted by atomic mass is 79.9. The second-order valence-corrected chi connectivity index (χ2v) is 5.65. The minimum Gasteiger partial charge on any atom is -0.367 e. The summed E-state index contributed by atoms with van der Waals surface area (Å²) in [4.78, 5) is 2.46. The van der Waals surface area contributed by atoms with Crippen LogP contribution in [0.5, 0.6) is 0 Å². The van der Waals surface area contributed by atoms with Crippen LogP contribution in [0.15, 0.2) is 18.2 Å². The Kier molecular flexibility index (Phi) is 7.10. The van der Waals surface area contributed by atoms with E-state index in [4.69, 9.17) is 11.6 Å². The van der Waals surface area contributed by atoms with E-state index < -0.39 is 0 Å². The van der Waals surface area contributed by atoms with E-state index in [9.17, 15) is 0 Å². The average molecular weight is 333 g/mol. The van der Waals surface area contributed by atoms with Gasteiger partial charge in [0.05, 0.1) is 10.7 Å². The lowest BCUT2D eigenvalue weighted by atomic mass is 10.1. The molecule has 0 amide bonds. The molecule has 0 fully saturated rings. The van der Waals surface area contributed by atoms with E-state index in [1.807, 2.05) is 12.1 Å². The number of anilines is 1. The van der Waals surface area contributed by atoms with Gasteiger partial charge < -0.3 is 4.90 Å². The van der Waals surface area contributed by atoms with Crippen molar-refractivity contribution in [3.8, 4) is 0 Å². The van der Waals surface area contributed by atoms with Crippen molar-refractivity contribution in [1.29, 1.82) is 0 Å². The predicted molar refractivity (Wildman–Crippen MR) is 86.1 cm³/mol. The van der Waals surface area contributed by atoms with E-state index in [0.29, 0.717) is 6.04 Å². The van der Waals surface area contributed by atoms with Gasteiger partial charge in [-0.15, -0.1) is 0 Å². The maximum absolute atomic E-state index is 6.42. The molecule has 0 saturated carbocycles. The van der Waals surface area contributed by atoms with Crippen molar-refractivity contribution < 1.29 is 0 Å². The molecule has 3 heteroatoms. The van der Waals surface area contributed by atoms with Gasteiger partial charge in [-0.3, -0.25) is 0 Å². The van der Waals surface area contributed by atoms with Crippen LogP contribution < -0.4 is 4.90 Å². The summed E-state index contributed by atoms with van der Waals surface area (Å²) in [7, 11) is 0. The van der Waals surface area contributed by atoms with Crippen LogP contribution in [0.1, 0.15) is 45.6 Å². The van der Waals surface area contributed by atoms with Gasteiger partial charge in [0.1, 0.15) is 0 Å². The molecular formula is C15H23BrClN. The van der Waals surface area contributed by atoms with Crippen molar-refractivity contribution in [2.45, 2.75) is 51.4 Å². The maximum atomic E-state index is 6.42. The smallest absolute Gasteiger partial charge is 0.0642 e. The molecule has 0 radical (unpaired) electrons. The SMILES string of the molecule is CCCCN(c1c(Cl)cccc1CBr)C(C)CC. The summed E-state index contributed by atoms with van der Waals surface area (Å²) < 4.78 is 0. The molecule has 102 valence electrons. The molecule has 0 aliphatic carbocycles. The number of benzene rings is 1. The zero-order chi connectivity index (χ0) is 13.5. The summed E-state index contributed by atoms with van der Waals surface area (Å²) in [5, 5.41) is 1.71. The van der Waals surface area contributed by atoms with E-state index in [1.54, 1.807) is 0 Å². The van der Waals surface area contributed by atoms with E-state index in [1.165, 1.54) is 24.1 Å². The van der Waals surface area contributed by atoms with Gasteiger partial charge in [-0.25, -0.2) is 0 Å². The molecule has 0 aliphatic rings. The number of rotatable bonds is 7.